The Morgan fingerprint density at radius 3 is 2.59 bits per heavy atom. The zero-order chi connectivity index (χ0) is 22.7. The summed E-state index contributed by atoms with van der Waals surface area (Å²) in [6.07, 6.45) is 0. The number of carbonyl (C=O) groups excluding carboxylic acids is 1. The fourth-order valence-corrected chi connectivity index (χ4v) is 5.11. The van der Waals surface area contributed by atoms with Crippen molar-refractivity contribution in [1.82, 2.24) is 19.7 Å². The number of anilines is 1. The summed E-state index contributed by atoms with van der Waals surface area (Å²) in [6.45, 7) is 6.05. The molecular formula is C23H22FN5OS2. The molecule has 0 aliphatic heterocycles. The summed E-state index contributed by atoms with van der Waals surface area (Å²) < 4.78 is 16.4. The van der Waals surface area contributed by atoms with Gasteiger partial charge in [0.15, 0.2) is 16.1 Å². The van der Waals surface area contributed by atoms with Crippen LogP contribution >= 0.6 is 23.1 Å². The highest BCUT2D eigenvalue weighted by Gasteiger charge is 2.20. The van der Waals surface area contributed by atoms with Gasteiger partial charge < -0.3 is 0 Å². The molecule has 0 unspecified atom stereocenters. The molecule has 0 radical (unpaired) electrons. The van der Waals surface area contributed by atoms with Crippen molar-refractivity contribution in [3.63, 3.8) is 0 Å². The molecule has 0 aliphatic carbocycles. The maximum Gasteiger partial charge on any atom is 0.225 e. The highest BCUT2D eigenvalue weighted by molar-refractivity contribution is 7.98. The van der Waals surface area contributed by atoms with Crippen molar-refractivity contribution in [2.75, 3.05) is 11.4 Å². The third kappa shape index (κ3) is 4.58. The van der Waals surface area contributed by atoms with Gasteiger partial charge in [0.05, 0.1) is 11.3 Å². The molecule has 164 valence electrons. The molecule has 0 bridgehead atoms. The van der Waals surface area contributed by atoms with Crippen LogP contribution in [0.25, 0.3) is 17.1 Å². The van der Waals surface area contributed by atoms with Gasteiger partial charge in [0.25, 0.3) is 0 Å². The molecule has 0 N–H and O–H groups in total. The smallest absolute Gasteiger partial charge is 0.225 e. The van der Waals surface area contributed by atoms with E-state index >= 15 is 0 Å². The van der Waals surface area contributed by atoms with E-state index in [1.165, 1.54) is 36.1 Å². The number of nitrogens with zero attached hydrogens (tertiary/aromatic N) is 5. The predicted octanol–water partition coefficient (Wildman–Crippen LogP) is 5.50. The van der Waals surface area contributed by atoms with E-state index in [4.69, 9.17) is 0 Å². The first-order chi connectivity index (χ1) is 15.5. The molecular weight excluding hydrogens is 445 g/mol. The van der Waals surface area contributed by atoms with E-state index in [0.29, 0.717) is 34.0 Å². The lowest BCUT2D eigenvalue weighted by molar-refractivity contribution is -0.116. The Morgan fingerprint density at radius 2 is 1.91 bits per heavy atom. The third-order valence-electron chi connectivity index (χ3n) is 4.86. The van der Waals surface area contributed by atoms with Gasteiger partial charge >= 0.3 is 0 Å². The number of thioether (sulfide) groups is 1. The Balaban J connectivity index is 1.66. The van der Waals surface area contributed by atoms with Crippen LogP contribution in [0.4, 0.5) is 9.52 Å². The number of aromatic nitrogens is 4. The Bertz CT molecular complexity index is 1240. The van der Waals surface area contributed by atoms with Gasteiger partial charge in [-0.05, 0) is 38.1 Å². The maximum absolute atomic E-state index is 14.5. The van der Waals surface area contributed by atoms with Gasteiger partial charge in [0.1, 0.15) is 5.82 Å². The number of hydrogen-bond acceptors (Lipinski definition) is 6. The van der Waals surface area contributed by atoms with Crippen LogP contribution in [0.3, 0.4) is 0 Å². The Morgan fingerprint density at radius 1 is 1.16 bits per heavy atom. The van der Waals surface area contributed by atoms with E-state index in [1.54, 1.807) is 23.1 Å². The predicted molar refractivity (Wildman–Crippen MR) is 127 cm³/mol. The van der Waals surface area contributed by atoms with E-state index in [9.17, 15) is 9.18 Å². The number of rotatable bonds is 7. The van der Waals surface area contributed by atoms with Gasteiger partial charge in [-0.3, -0.25) is 14.3 Å². The number of benzene rings is 2. The van der Waals surface area contributed by atoms with E-state index in [0.717, 1.165) is 16.9 Å². The lowest BCUT2D eigenvalue weighted by Crippen LogP contribution is -2.27. The van der Waals surface area contributed by atoms with Crippen LogP contribution in [0.15, 0.2) is 59.1 Å². The van der Waals surface area contributed by atoms with E-state index < -0.39 is 0 Å². The number of amides is 1. The van der Waals surface area contributed by atoms with E-state index in [1.807, 2.05) is 48.1 Å². The largest absolute Gasteiger partial charge is 0.289 e. The quantitative estimate of drug-likeness (QED) is 0.336. The maximum atomic E-state index is 14.5. The van der Waals surface area contributed by atoms with Crippen molar-refractivity contribution < 1.29 is 9.18 Å². The summed E-state index contributed by atoms with van der Waals surface area (Å²) in [5, 5.41) is 11.9. The first-order valence-corrected chi connectivity index (χ1v) is 12.0. The first kappa shape index (κ1) is 22.2. The molecule has 4 aromatic rings. The second kappa shape index (κ2) is 9.62. The first-order valence-electron chi connectivity index (χ1n) is 10.1. The summed E-state index contributed by atoms with van der Waals surface area (Å²) >= 11 is 2.91. The molecule has 0 spiro atoms. The summed E-state index contributed by atoms with van der Waals surface area (Å²) in [7, 11) is 0. The summed E-state index contributed by atoms with van der Waals surface area (Å²) in [6, 6.07) is 14.5. The lowest BCUT2D eigenvalue weighted by atomic mass is 10.2. The summed E-state index contributed by atoms with van der Waals surface area (Å²) in [4.78, 5) is 18.0. The second-order valence-electron chi connectivity index (χ2n) is 7.13. The normalized spacial score (nSPS) is 11.0. The fraction of sp³-hybridized carbons (Fsp3) is 0.217. The molecule has 0 saturated carbocycles. The number of thiazole rings is 1. The standard InChI is InChI=1S/C23H22FN5OS2/c1-4-28(16(3)30)22-25-17(13-31-22)14-32-23-27-26-21(19-7-5-6-8-20(19)24)29(23)18-11-9-15(2)10-12-18/h5-13H,4,14H2,1-3H3. The van der Waals surface area contributed by atoms with Crippen molar-refractivity contribution >= 4 is 34.1 Å². The molecule has 2 aromatic carbocycles. The second-order valence-corrected chi connectivity index (χ2v) is 8.91. The molecule has 6 nitrogen and oxygen atoms in total. The molecule has 0 fully saturated rings. The van der Waals surface area contributed by atoms with Gasteiger partial charge in [-0.25, -0.2) is 9.37 Å². The van der Waals surface area contributed by atoms with Gasteiger partial charge in [0.2, 0.25) is 5.91 Å². The highest BCUT2D eigenvalue weighted by atomic mass is 32.2. The molecule has 0 atom stereocenters. The van der Waals surface area contributed by atoms with Crippen molar-refractivity contribution in [3.8, 4) is 17.1 Å². The monoisotopic (exact) mass is 467 g/mol. The Hall–Kier alpha value is -3.04. The molecule has 2 heterocycles. The van der Waals surface area contributed by atoms with Crippen molar-refractivity contribution in [3.05, 3.63) is 71.0 Å². The fourth-order valence-electron chi connectivity index (χ4n) is 3.22. The summed E-state index contributed by atoms with van der Waals surface area (Å²) in [5.41, 5.74) is 3.22. The molecule has 9 heteroatoms. The van der Waals surface area contributed by atoms with Crippen LogP contribution in [0, 0.1) is 12.7 Å². The minimum atomic E-state index is -0.349. The number of carbonyl (C=O) groups is 1. The van der Waals surface area contributed by atoms with Crippen LogP contribution in [0.2, 0.25) is 0 Å². The van der Waals surface area contributed by atoms with Crippen LogP contribution in [0.5, 0.6) is 0 Å². The van der Waals surface area contributed by atoms with E-state index in [2.05, 4.69) is 15.2 Å². The van der Waals surface area contributed by atoms with Crippen molar-refractivity contribution in [2.45, 2.75) is 31.7 Å². The zero-order valence-corrected chi connectivity index (χ0v) is 19.6. The van der Waals surface area contributed by atoms with Gasteiger partial charge in [-0.15, -0.1) is 21.5 Å². The van der Waals surface area contributed by atoms with Crippen LogP contribution < -0.4 is 4.90 Å². The number of halogens is 1. The van der Waals surface area contributed by atoms with Crippen LogP contribution in [0.1, 0.15) is 25.1 Å². The number of hydrogen-bond donors (Lipinski definition) is 0. The average molecular weight is 468 g/mol. The van der Waals surface area contributed by atoms with E-state index in [-0.39, 0.29) is 11.7 Å². The lowest BCUT2D eigenvalue weighted by Gasteiger charge is -2.14. The molecule has 1 amide bonds. The van der Waals surface area contributed by atoms with Crippen LogP contribution in [-0.4, -0.2) is 32.2 Å². The molecule has 4 rings (SSSR count). The van der Waals surface area contributed by atoms with Gasteiger partial charge in [-0.2, -0.15) is 0 Å². The molecule has 0 saturated heterocycles. The topological polar surface area (TPSA) is 63.9 Å². The van der Waals surface area contributed by atoms with Gasteiger partial charge in [-0.1, -0.05) is 41.6 Å². The highest BCUT2D eigenvalue weighted by Crippen LogP contribution is 2.32. The zero-order valence-electron chi connectivity index (χ0n) is 17.9. The minimum absolute atomic E-state index is 0.0327. The Labute approximate surface area is 194 Å². The van der Waals surface area contributed by atoms with Crippen molar-refractivity contribution in [1.29, 1.82) is 0 Å². The minimum Gasteiger partial charge on any atom is -0.289 e. The third-order valence-corrected chi connectivity index (χ3v) is 6.73. The molecule has 32 heavy (non-hydrogen) atoms. The van der Waals surface area contributed by atoms with Crippen molar-refractivity contribution in [2.24, 2.45) is 0 Å². The van der Waals surface area contributed by atoms with Crippen LogP contribution in [-0.2, 0) is 10.5 Å². The number of aryl methyl sites for hydroxylation is 1. The molecule has 2 aromatic heterocycles. The average Bonchev–Trinajstić information content (AvgIpc) is 3.41. The molecule has 0 aliphatic rings. The Kier molecular flexibility index (Phi) is 6.66. The summed E-state index contributed by atoms with van der Waals surface area (Å²) in [5.74, 6) is 0.613. The SMILES string of the molecule is CCN(C(C)=O)c1nc(CSc2nnc(-c3ccccc3F)n2-c2ccc(C)cc2)cs1. The van der Waals surface area contributed by atoms with Gasteiger partial charge in [0, 0.05) is 30.3 Å².